The molecule has 4 rings (SSSR count). The number of benzene rings is 1. The summed E-state index contributed by atoms with van der Waals surface area (Å²) in [5.41, 5.74) is 6.40. The van der Waals surface area contributed by atoms with Gasteiger partial charge in [0, 0.05) is 18.2 Å². The molecule has 1 aromatic carbocycles. The van der Waals surface area contributed by atoms with Crippen LogP contribution in [0.15, 0.2) is 24.3 Å². The molecule has 0 aromatic heterocycles. The van der Waals surface area contributed by atoms with Gasteiger partial charge in [-0.1, -0.05) is 12.1 Å². The molecular weight excluding hydrogens is 308 g/mol. The highest BCUT2D eigenvalue weighted by molar-refractivity contribution is 5.78. The Hall–Kier alpha value is -1.63. The molecule has 3 aliphatic carbocycles. The maximum atomic E-state index is 12.3. The Kier molecular flexibility index (Phi) is 4.80. The van der Waals surface area contributed by atoms with Gasteiger partial charge in [0.1, 0.15) is 5.75 Å². The van der Waals surface area contributed by atoms with E-state index in [1.807, 2.05) is 24.3 Å². The number of rotatable bonds is 6. The third kappa shape index (κ3) is 3.55. The van der Waals surface area contributed by atoms with E-state index in [0.717, 1.165) is 31.2 Å². The first kappa shape index (κ1) is 17.2. The summed E-state index contributed by atoms with van der Waals surface area (Å²) in [7, 11) is 1.64. The number of carbonyl (C=O) groups is 1. The van der Waals surface area contributed by atoms with Crippen LogP contribution in [0.1, 0.15) is 37.7 Å². The van der Waals surface area contributed by atoms with E-state index in [2.05, 4.69) is 5.32 Å². The molecule has 0 saturated heterocycles. The van der Waals surface area contributed by atoms with Crippen molar-refractivity contribution in [3.05, 3.63) is 29.8 Å². The molecule has 6 heteroatoms. The summed E-state index contributed by atoms with van der Waals surface area (Å²) < 4.78 is 10.7. The van der Waals surface area contributed by atoms with E-state index < -0.39 is 11.6 Å². The van der Waals surface area contributed by atoms with Crippen molar-refractivity contribution < 1.29 is 19.4 Å². The maximum Gasteiger partial charge on any atom is 0.258 e. The van der Waals surface area contributed by atoms with Crippen molar-refractivity contribution in [3.63, 3.8) is 0 Å². The summed E-state index contributed by atoms with van der Waals surface area (Å²) in [6.45, 7) is 0.466. The number of nitrogens with two attached hydrogens (primary N) is 1. The predicted octanol–water partition coefficient (Wildman–Crippen LogP) is 1.10. The van der Waals surface area contributed by atoms with Crippen LogP contribution in [0.25, 0.3) is 0 Å². The van der Waals surface area contributed by atoms with Crippen LogP contribution in [-0.4, -0.2) is 41.9 Å². The number of methoxy groups -OCH3 is 1. The van der Waals surface area contributed by atoms with Crippen LogP contribution < -0.4 is 15.8 Å². The standard InChI is InChI=1S/C18H26N2O4/c1-23-11-13-3-2-4-14(9-13)24-12-16(22)20-17-5-7-18(19,8-6-17)15(21)10-17/h2-4,9,15,21H,5-8,10-12,19H2,1H3,(H,20,22)/t15-,17?,18?/m0/s1. The third-order valence-electron chi connectivity index (χ3n) is 5.37. The average molecular weight is 334 g/mol. The van der Waals surface area contributed by atoms with Crippen LogP contribution in [0.2, 0.25) is 0 Å². The molecule has 0 unspecified atom stereocenters. The lowest BCUT2D eigenvalue weighted by Gasteiger charge is -2.54. The number of amides is 1. The molecule has 1 aromatic rings. The van der Waals surface area contributed by atoms with Crippen molar-refractivity contribution in [3.8, 4) is 5.75 Å². The molecule has 6 nitrogen and oxygen atoms in total. The minimum atomic E-state index is -0.549. The lowest BCUT2D eigenvalue weighted by atomic mass is 9.60. The summed E-state index contributed by atoms with van der Waals surface area (Å²) in [4.78, 5) is 12.3. The topological polar surface area (TPSA) is 93.8 Å². The number of hydrogen-bond donors (Lipinski definition) is 3. The summed E-state index contributed by atoms with van der Waals surface area (Å²) >= 11 is 0. The minimum absolute atomic E-state index is 0.0396. The van der Waals surface area contributed by atoms with Crippen molar-refractivity contribution >= 4 is 5.91 Å². The molecule has 1 atom stereocenters. The second-order valence-electron chi connectivity index (χ2n) is 7.15. The van der Waals surface area contributed by atoms with Crippen LogP contribution in [0, 0.1) is 0 Å². The van der Waals surface area contributed by atoms with Crippen LogP contribution >= 0.6 is 0 Å². The van der Waals surface area contributed by atoms with Gasteiger partial charge in [0.2, 0.25) is 0 Å². The van der Waals surface area contributed by atoms with E-state index in [9.17, 15) is 9.90 Å². The Balaban J connectivity index is 1.54. The molecule has 0 heterocycles. The molecular formula is C18H26N2O4. The number of hydrogen-bond acceptors (Lipinski definition) is 5. The fourth-order valence-corrected chi connectivity index (χ4v) is 3.85. The van der Waals surface area contributed by atoms with Crippen LogP contribution in [0.5, 0.6) is 5.75 Å². The Bertz CT molecular complexity index is 596. The van der Waals surface area contributed by atoms with Gasteiger partial charge in [-0.2, -0.15) is 0 Å². The quantitative estimate of drug-likeness (QED) is 0.724. The van der Waals surface area contributed by atoms with Crippen molar-refractivity contribution in [2.75, 3.05) is 13.7 Å². The molecule has 2 bridgehead atoms. The first-order chi connectivity index (χ1) is 11.4. The second kappa shape index (κ2) is 6.70. The Morgan fingerprint density at radius 3 is 2.79 bits per heavy atom. The number of aliphatic hydroxyl groups excluding tert-OH is 1. The van der Waals surface area contributed by atoms with Crippen LogP contribution in [0.4, 0.5) is 0 Å². The molecule has 0 aliphatic heterocycles. The van der Waals surface area contributed by atoms with Gasteiger partial charge < -0.3 is 25.6 Å². The van der Waals surface area contributed by atoms with Gasteiger partial charge in [-0.25, -0.2) is 0 Å². The Morgan fingerprint density at radius 2 is 2.12 bits per heavy atom. The first-order valence-electron chi connectivity index (χ1n) is 8.43. The number of aliphatic hydroxyl groups is 1. The Morgan fingerprint density at radius 1 is 1.38 bits per heavy atom. The number of fused-ring (bicyclic) bond motifs is 3. The van der Waals surface area contributed by atoms with Gasteiger partial charge in [-0.3, -0.25) is 4.79 Å². The van der Waals surface area contributed by atoms with Crippen molar-refractivity contribution in [1.29, 1.82) is 0 Å². The number of carbonyl (C=O) groups excluding carboxylic acids is 1. The SMILES string of the molecule is COCc1cccc(OCC(=O)NC23CCC(N)(CC2)[C@@H](O)C3)c1. The van der Waals surface area contributed by atoms with Crippen molar-refractivity contribution in [1.82, 2.24) is 5.32 Å². The van der Waals surface area contributed by atoms with Crippen molar-refractivity contribution in [2.45, 2.75) is 55.9 Å². The van der Waals surface area contributed by atoms with E-state index in [4.69, 9.17) is 15.2 Å². The largest absolute Gasteiger partial charge is 0.484 e. The van der Waals surface area contributed by atoms with Gasteiger partial charge in [-0.05, 0) is 49.8 Å². The fourth-order valence-electron chi connectivity index (χ4n) is 3.85. The smallest absolute Gasteiger partial charge is 0.258 e. The summed E-state index contributed by atoms with van der Waals surface area (Å²) in [6.07, 6.45) is 3.10. The van der Waals surface area contributed by atoms with Gasteiger partial charge in [0.05, 0.1) is 12.7 Å². The van der Waals surface area contributed by atoms with Crippen molar-refractivity contribution in [2.24, 2.45) is 5.73 Å². The summed E-state index contributed by atoms with van der Waals surface area (Å²) in [6, 6.07) is 7.50. The van der Waals surface area contributed by atoms with Gasteiger partial charge in [0.25, 0.3) is 5.91 Å². The summed E-state index contributed by atoms with van der Waals surface area (Å²) in [5, 5.41) is 13.3. The maximum absolute atomic E-state index is 12.3. The predicted molar refractivity (Wildman–Crippen MR) is 89.5 cm³/mol. The molecule has 4 N–H and O–H groups in total. The zero-order chi connectivity index (χ0) is 17.2. The third-order valence-corrected chi connectivity index (χ3v) is 5.37. The normalized spacial score (nSPS) is 31.7. The van der Waals surface area contributed by atoms with E-state index >= 15 is 0 Å². The molecule has 24 heavy (non-hydrogen) atoms. The first-order valence-corrected chi connectivity index (χ1v) is 8.43. The molecule has 0 spiro atoms. The number of nitrogens with one attached hydrogen (secondary N) is 1. The van der Waals surface area contributed by atoms with E-state index in [1.165, 1.54) is 0 Å². The highest BCUT2D eigenvalue weighted by atomic mass is 16.5. The molecule has 1 amide bonds. The van der Waals surface area contributed by atoms with E-state index in [0.29, 0.717) is 18.8 Å². The van der Waals surface area contributed by atoms with E-state index in [-0.39, 0.29) is 18.1 Å². The number of ether oxygens (including phenoxy) is 2. The molecule has 132 valence electrons. The molecule has 3 fully saturated rings. The zero-order valence-corrected chi connectivity index (χ0v) is 14.1. The summed E-state index contributed by atoms with van der Waals surface area (Å²) in [5.74, 6) is 0.483. The Labute approximate surface area is 142 Å². The van der Waals surface area contributed by atoms with Crippen LogP contribution in [0.3, 0.4) is 0 Å². The lowest BCUT2D eigenvalue weighted by Crippen LogP contribution is -2.68. The van der Waals surface area contributed by atoms with E-state index in [1.54, 1.807) is 7.11 Å². The lowest BCUT2D eigenvalue weighted by molar-refractivity contribution is -0.128. The second-order valence-corrected chi connectivity index (χ2v) is 7.15. The fraction of sp³-hybridized carbons (Fsp3) is 0.611. The molecule has 0 radical (unpaired) electrons. The van der Waals surface area contributed by atoms with Crippen LogP contribution in [-0.2, 0) is 16.1 Å². The van der Waals surface area contributed by atoms with Gasteiger partial charge in [-0.15, -0.1) is 0 Å². The highest BCUT2D eigenvalue weighted by Crippen LogP contribution is 2.45. The molecule has 3 aliphatic rings. The van der Waals surface area contributed by atoms with Gasteiger partial charge in [0.15, 0.2) is 6.61 Å². The van der Waals surface area contributed by atoms with Gasteiger partial charge >= 0.3 is 0 Å². The molecule has 3 saturated carbocycles. The zero-order valence-electron chi connectivity index (χ0n) is 14.1. The highest BCUT2D eigenvalue weighted by Gasteiger charge is 2.52. The average Bonchev–Trinajstić information content (AvgIpc) is 2.56. The monoisotopic (exact) mass is 334 g/mol. The minimum Gasteiger partial charge on any atom is -0.484 e.